The number of ether oxygens (including phenoxy) is 2. The Morgan fingerprint density at radius 3 is 1.79 bits per heavy atom. The van der Waals surface area contributed by atoms with Crippen LogP contribution >= 0.6 is 0 Å². The van der Waals surface area contributed by atoms with Crippen molar-refractivity contribution in [1.82, 2.24) is 0 Å². The zero-order valence-electron chi connectivity index (χ0n) is 12.0. The van der Waals surface area contributed by atoms with Crippen LogP contribution in [0.2, 0.25) is 0 Å². The summed E-state index contributed by atoms with van der Waals surface area (Å²) in [6.45, 7) is 7.93. The molecular formula is C15H22O4. The molecule has 0 radical (unpaired) electrons. The number of carbonyl (C=O) groups is 1. The van der Waals surface area contributed by atoms with Crippen LogP contribution in [0.4, 0.5) is 0 Å². The number of aromatic carboxylic acids is 1. The van der Waals surface area contributed by atoms with Crippen LogP contribution in [0.5, 0.6) is 11.5 Å². The molecule has 0 bridgehead atoms. The van der Waals surface area contributed by atoms with E-state index >= 15 is 0 Å². The van der Waals surface area contributed by atoms with Crippen molar-refractivity contribution >= 4 is 5.97 Å². The second-order valence-corrected chi connectivity index (χ2v) is 4.67. The van der Waals surface area contributed by atoms with Crippen molar-refractivity contribution < 1.29 is 19.4 Å². The van der Waals surface area contributed by atoms with Gasteiger partial charge in [0.25, 0.3) is 0 Å². The highest BCUT2D eigenvalue weighted by molar-refractivity contribution is 5.88. The minimum Gasteiger partial charge on any atom is -0.491 e. The third-order valence-electron chi connectivity index (χ3n) is 2.95. The van der Waals surface area contributed by atoms with E-state index in [2.05, 4.69) is 0 Å². The second-order valence-electron chi connectivity index (χ2n) is 4.67. The number of carboxylic acid groups (broad SMARTS) is 1. The molecule has 19 heavy (non-hydrogen) atoms. The molecule has 4 nitrogen and oxygen atoms in total. The van der Waals surface area contributed by atoms with E-state index in [0.29, 0.717) is 11.5 Å². The lowest BCUT2D eigenvalue weighted by molar-refractivity contribution is 0.0695. The van der Waals surface area contributed by atoms with Crippen LogP contribution in [0.15, 0.2) is 18.2 Å². The largest absolute Gasteiger partial charge is 0.491 e. The van der Waals surface area contributed by atoms with Crippen molar-refractivity contribution in [2.75, 3.05) is 0 Å². The molecule has 1 aromatic carbocycles. The molecule has 2 atom stereocenters. The first kappa shape index (κ1) is 15.3. The smallest absolute Gasteiger partial charge is 0.335 e. The number of hydrogen-bond acceptors (Lipinski definition) is 3. The van der Waals surface area contributed by atoms with Gasteiger partial charge >= 0.3 is 5.97 Å². The standard InChI is InChI=1S/C15H22O4/c1-5-10(3)18-13-7-12(15(16)17)8-14(9-13)19-11(4)6-2/h7-11H,5-6H2,1-4H3,(H,16,17). The Labute approximate surface area is 114 Å². The van der Waals surface area contributed by atoms with Crippen LogP contribution in [0, 0.1) is 0 Å². The van der Waals surface area contributed by atoms with Crippen LogP contribution in [-0.4, -0.2) is 23.3 Å². The van der Waals surface area contributed by atoms with Gasteiger partial charge in [-0.15, -0.1) is 0 Å². The predicted molar refractivity (Wildman–Crippen MR) is 74.2 cm³/mol. The maximum absolute atomic E-state index is 11.1. The first-order valence-electron chi connectivity index (χ1n) is 6.67. The van der Waals surface area contributed by atoms with Crippen molar-refractivity contribution in [3.8, 4) is 11.5 Å². The summed E-state index contributed by atoms with van der Waals surface area (Å²) in [6.07, 6.45) is 1.80. The highest BCUT2D eigenvalue weighted by Crippen LogP contribution is 2.25. The molecule has 4 heteroatoms. The third kappa shape index (κ3) is 4.81. The van der Waals surface area contributed by atoms with Crippen molar-refractivity contribution in [3.05, 3.63) is 23.8 Å². The Kier molecular flexibility index (Phi) is 5.67. The maximum Gasteiger partial charge on any atom is 0.335 e. The Balaban J connectivity index is 3.00. The summed E-state index contributed by atoms with van der Waals surface area (Å²) < 4.78 is 11.3. The van der Waals surface area contributed by atoms with Gasteiger partial charge in [0, 0.05) is 6.07 Å². The molecule has 0 aliphatic heterocycles. The van der Waals surface area contributed by atoms with Crippen LogP contribution in [0.25, 0.3) is 0 Å². The van der Waals surface area contributed by atoms with E-state index in [1.54, 1.807) is 6.07 Å². The summed E-state index contributed by atoms with van der Waals surface area (Å²) in [5.74, 6) is 0.0868. The maximum atomic E-state index is 11.1. The van der Waals surface area contributed by atoms with Gasteiger partial charge in [-0.25, -0.2) is 4.79 Å². The highest BCUT2D eigenvalue weighted by atomic mass is 16.5. The van der Waals surface area contributed by atoms with Gasteiger partial charge in [-0.2, -0.15) is 0 Å². The number of hydrogen-bond donors (Lipinski definition) is 1. The van der Waals surface area contributed by atoms with Gasteiger partial charge in [0.15, 0.2) is 0 Å². The van der Waals surface area contributed by atoms with Crippen LogP contribution in [0.3, 0.4) is 0 Å². The SMILES string of the molecule is CCC(C)Oc1cc(OC(C)CC)cc(C(=O)O)c1. The molecule has 0 saturated heterocycles. The molecule has 1 rings (SSSR count). The lowest BCUT2D eigenvalue weighted by Crippen LogP contribution is -2.13. The van der Waals surface area contributed by atoms with Gasteiger partial charge in [-0.1, -0.05) is 13.8 Å². The molecule has 0 aromatic heterocycles. The molecule has 1 N–H and O–H groups in total. The summed E-state index contributed by atoms with van der Waals surface area (Å²) in [5.41, 5.74) is 0.180. The van der Waals surface area contributed by atoms with E-state index in [0.717, 1.165) is 12.8 Å². The number of benzene rings is 1. The molecule has 2 unspecified atom stereocenters. The lowest BCUT2D eigenvalue weighted by atomic mass is 10.2. The quantitative estimate of drug-likeness (QED) is 0.816. The Bertz CT molecular complexity index is 398. The lowest BCUT2D eigenvalue weighted by Gasteiger charge is -2.17. The monoisotopic (exact) mass is 266 g/mol. The summed E-state index contributed by atoms with van der Waals surface area (Å²) >= 11 is 0. The molecular weight excluding hydrogens is 244 g/mol. The highest BCUT2D eigenvalue weighted by Gasteiger charge is 2.12. The minimum atomic E-state index is -0.983. The molecule has 0 fully saturated rings. The fourth-order valence-electron chi connectivity index (χ4n) is 1.46. The van der Waals surface area contributed by atoms with Gasteiger partial charge in [0.1, 0.15) is 11.5 Å². The van der Waals surface area contributed by atoms with Gasteiger partial charge in [0.05, 0.1) is 17.8 Å². The van der Waals surface area contributed by atoms with Gasteiger partial charge in [0.2, 0.25) is 0 Å². The molecule has 0 heterocycles. The first-order valence-corrected chi connectivity index (χ1v) is 6.67. The Morgan fingerprint density at radius 1 is 1.05 bits per heavy atom. The van der Waals surface area contributed by atoms with E-state index in [9.17, 15) is 4.79 Å². The number of carboxylic acids is 1. The summed E-state index contributed by atoms with van der Waals surface area (Å²) in [7, 11) is 0. The summed E-state index contributed by atoms with van der Waals surface area (Å²) in [6, 6.07) is 4.79. The summed E-state index contributed by atoms with van der Waals surface area (Å²) in [4.78, 5) is 11.1. The summed E-state index contributed by atoms with van der Waals surface area (Å²) in [5, 5.41) is 9.11. The fourth-order valence-corrected chi connectivity index (χ4v) is 1.46. The fraction of sp³-hybridized carbons (Fsp3) is 0.533. The average Bonchev–Trinajstić information content (AvgIpc) is 2.37. The molecule has 0 saturated carbocycles. The van der Waals surface area contributed by atoms with Gasteiger partial charge < -0.3 is 14.6 Å². The molecule has 0 amide bonds. The topological polar surface area (TPSA) is 55.8 Å². The normalized spacial score (nSPS) is 13.7. The zero-order valence-corrected chi connectivity index (χ0v) is 12.0. The second kappa shape index (κ2) is 7.02. The van der Waals surface area contributed by atoms with Crippen molar-refractivity contribution in [2.45, 2.75) is 52.7 Å². The van der Waals surface area contributed by atoms with Crippen LogP contribution < -0.4 is 9.47 Å². The van der Waals surface area contributed by atoms with Crippen molar-refractivity contribution in [2.24, 2.45) is 0 Å². The predicted octanol–water partition coefficient (Wildman–Crippen LogP) is 3.74. The van der Waals surface area contributed by atoms with E-state index in [1.807, 2.05) is 27.7 Å². The Morgan fingerprint density at radius 2 is 1.47 bits per heavy atom. The molecule has 0 spiro atoms. The van der Waals surface area contributed by atoms with Gasteiger partial charge in [-0.3, -0.25) is 0 Å². The van der Waals surface area contributed by atoms with Crippen molar-refractivity contribution in [3.63, 3.8) is 0 Å². The molecule has 106 valence electrons. The number of rotatable bonds is 7. The van der Waals surface area contributed by atoms with Crippen LogP contribution in [0.1, 0.15) is 50.9 Å². The molecule has 1 aromatic rings. The Hall–Kier alpha value is -1.71. The van der Waals surface area contributed by atoms with E-state index in [1.165, 1.54) is 12.1 Å². The first-order chi connectivity index (χ1) is 8.96. The minimum absolute atomic E-state index is 0.0421. The molecule has 0 aliphatic rings. The van der Waals surface area contributed by atoms with E-state index in [4.69, 9.17) is 14.6 Å². The molecule has 0 aliphatic carbocycles. The van der Waals surface area contributed by atoms with Gasteiger partial charge in [-0.05, 0) is 38.8 Å². The van der Waals surface area contributed by atoms with Crippen LogP contribution in [-0.2, 0) is 0 Å². The zero-order chi connectivity index (χ0) is 14.4. The van der Waals surface area contributed by atoms with Crippen molar-refractivity contribution in [1.29, 1.82) is 0 Å². The van der Waals surface area contributed by atoms with E-state index in [-0.39, 0.29) is 17.8 Å². The van der Waals surface area contributed by atoms with E-state index < -0.39 is 5.97 Å². The third-order valence-corrected chi connectivity index (χ3v) is 2.95. The average molecular weight is 266 g/mol.